The molecule has 0 radical (unpaired) electrons. The molecule has 0 aliphatic rings. The maximum Gasteiger partial charge on any atom is 0.410 e. The summed E-state index contributed by atoms with van der Waals surface area (Å²) in [5.41, 5.74) is 0.965. The Kier molecular flexibility index (Phi) is 60.0. The molecule has 10 heteroatoms. The fourth-order valence-electron chi connectivity index (χ4n) is 11.5. The number of carbonyl (C=O) groups is 3. The van der Waals surface area contributed by atoms with Crippen molar-refractivity contribution in [2.45, 2.75) is 343 Å². The number of benzene rings is 1. The van der Waals surface area contributed by atoms with Crippen LogP contribution in [0.25, 0.3) is 0 Å². The van der Waals surface area contributed by atoms with E-state index in [1.165, 1.54) is 218 Å². The number of hydrogen-bond acceptors (Lipinski definition) is 9. The standard InChI is InChI=1S/C41H74N2O4.C33H68N2O2/c1-6-9-12-15-17-19-25-31-39(43(33-26-32-42(4)5)41(45)47-36-38-29-23-20-24-30-38)34-40(44)46-35-37(27-21-14-11-8-3)28-22-18-16-13-10-7-2;1-6-9-12-15-17-19-22-26-32(34-27-23-28-35(4)5)29-33(36)37-30-31(24-20-14-11-8-3)25-21-18-16-13-10-7-2/h20,23-24,29-30,37,39H,6-19,21-22,25-28,31-36H2,1-5H3;31-32,34H,6-30H2,1-5H3. The quantitative estimate of drug-likeness (QED) is 0.0388. The maximum atomic E-state index is 13.6. The Hall–Kier alpha value is -2.69. The first-order valence-electron chi connectivity index (χ1n) is 36.2. The Labute approximate surface area is 522 Å². The molecule has 0 heterocycles. The minimum absolute atomic E-state index is 0.00885. The number of amides is 1. The molecule has 0 saturated carbocycles. The van der Waals surface area contributed by atoms with Crippen molar-refractivity contribution in [1.29, 1.82) is 0 Å². The van der Waals surface area contributed by atoms with E-state index >= 15 is 0 Å². The van der Waals surface area contributed by atoms with Crippen molar-refractivity contribution < 1.29 is 28.6 Å². The first-order valence-corrected chi connectivity index (χ1v) is 36.2. The van der Waals surface area contributed by atoms with Gasteiger partial charge in [-0.3, -0.25) is 9.59 Å². The van der Waals surface area contributed by atoms with Crippen LogP contribution in [0.3, 0.4) is 0 Å². The monoisotopic (exact) mass is 1180 g/mol. The van der Waals surface area contributed by atoms with E-state index in [2.05, 4.69) is 84.8 Å². The summed E-state index contributed by atoms with van der Waals surface area (Å²) in [5.74, 6) is 0.805. The Bertz CT molecular complexity index is 1550. The highest BCUT2D eigenvalue weighted by molar-refractivity contribution is 5.73. The number of nitrogens with one attached hydrogen (secondary N) is 1. The van der Waals surface area contributed by atoms with Gasteiger partial charge in [0.2, 0.25) is 0 Å². The lowest BCUT2D eigenvalue weighted by Gasteiger charge is -2.31. The van der Waals surface area contributed by atoms with Gasteiger partial charge in [-0.1, -0.05) is 290 Å². The van der Waals surface area contributed by atoms with Crippen LogP contribution in [0.4, 0.5) is 4.79 Å². The summed E-state index contributed by atoms with van der Waals surface area (Å²) in [4.78, 5) is 46.1. The van der Waals surface area contributed by atoms with E-state index in [0.717, 1.165) is 76.6 Å². The number of ether oxygens (including phenoxy) is 3. The molecule has 494 valence electrons. The molecule has 0 aliphatic carbocycles. The number of hydrogen-bond donors (Lipinski definition) is 1. The Morgan fingerprint density at radius 2 is 0.750 bits per heavy atom. The lowest BCUT2D eigenvalue weighted by Crippen LogP contribution is -2.43. The highest BCUT2D eigenvalue weighted by Gasteiger charge is 2.28. The molecule has 0 aliphatic heterocycles. The molecule has 4 unspecified atom stereocenters. The van der Waals surface area contributed by atoms with Gasteiger partial charge in [0.15, 0.2) is 0 Å². The molecular formula is C74H142N4O6. The van der Waals surface area contributed by atoms with E-state index in [0.29, 0.717) is 38.0 Å². The van der Waals surface area contributed by atoms with Crippen LogP contribution in [0.2, 0.25) is 0 Å². The smallest absolute Gasteiger partial charge is 0.410 e. The lowest BCUT2D eigenvalue weighted by atomic mass is 9.95. The van der Waals surface area contributed by atoms with Gasteiger partial charge in [-0.05, 0) is 117 Å². The summed E-state index contributed by atoms with van der Waals surface area (Å²) in [7, 11) is 8.35. The third-order valence-corrected chi connectivity index (χ3v) is 17.0. The third kappa shape index (κ3) is 53.5. The Morgan fingerprint density at radius 1 is 0.393 bits per heavy atom. The Morgan fingerprint density at radius 3 is 1.17 bits per heavy atom. The second-order valence-corrected chi connectivity index (χ2v) is 26.0. The molecule has 0 aromatic heterocycles. The highest BCUT2D eigenvalue weighted by Crippen LogP contribution is 2.24. The van der Waals surface area contributed by atoms with Crippen molar-refractivity contribution in [3.05, 3.63) is 35.9 Å². The summed E-state index contributed by atoms with van der Waals surface area (Å²) in [6.07, 6.45) is 52.5. The predicted molar refractivity (Wildman–Crippen MR) is 362 cm³/mol. The largest absolute Gasteiger partial charge is 0.465 e. The van der Waals surface area contributed by atoms with Crippen molar-refractivity contribution in [3.63, 3.8) is 0 Å². The fourth-order valence-corrected chi connectivity index (χ4v) is 11.5. The minimum atomic E-state index is -0.328. The van der Waals surface area contributed by atoms with Gasteiger partial charge in [0, 0.05) is 18.6 Å². The number of nitrogens with zero attached hydrogens (tertiary/aromatic N) is 3. The second kappa shape index (κ2) is 61.9. The molecule has 10 nitrogen and oxygen atoms in total. The summed E-state index contributed by atoms with van der Waals surface area (Å²) < 4.78 is 17.8. The van der Waals surface area contributed by atoms with E-state index in [1.54, 1.807) is 0 Å². The van der Waals surface area contributed by atoms with Crippen molar-refractivity contribution >= 4 is 18.0 Å². The van der Waals surface area contributed by atoms with Crippen molar-refractivity contribution in [3.8, 4) is 0 Å². The molecule has 4 atom stereocenters. The summed E-state index contributed by atoms with van der Waals surface area (Å²) >= 11 is 0. The summed E-state index contributed by atoms with van der Waals surface area (Å²) in [6, 6.07) is 9.87. The van der Waals surface area contributed by atoms with Crippen LogP contribution in [0, 0.1) is 11.8 Å². The topological polar surface area (TPSA) is 101 Å². The maximum absolute atomic E-state index is 13.6. The molecule has 0 saturated heterocycles. The van der Waals surface area contributed by atoms with E-state index in [4.69, 9.17) is 14.2 Å². The number of carbonyl (C=O) groups excluding carboxylic acids is 3. The van der Waals surface area contributed by atoms with E-state index in [9.17, 15) is 14.4 Å². The van der Waals surface area contributed by atoms with Crippen LogP contribution in [0.1, 0.15) is 330 Å². The average Bonchev–Trinajstić information content (AvgIpc) is 3.50. The van der Waals surface area contributed by atoms with Gasteiger partial charge in [-0.15, -0.1) is 0 Å². The van der Waals surface area contributed by atoms with Gasteiger partial charge < -0.3 is 34.2 Å². The highest BCUT2D eigenvalue weighted by atomic mass is 16.6. The molecule has 1 aromatic rings. The van der Waals surface area contributed by atoms with Gasteiger partial charge >= 0.3 is 18.0 Å². The lowest BCUT2D eigenvalue weighted by molar-refractivity contribution is -0.147. The average molecular weight is 1180 g/mol. The van der Waals surface area contributed by atoms with Gasteiger partial charge in [-0.25, -0.2) is 4.79 Å². The van der Waals surface area contributed by atoms with Crippen molar-refractivity contribution in [1.82, 2.24) is 20.0 Å². The first-order chi connectivity index (χ1) is 40.9. The number of unbranched alkanes of at least 4 members (excludes halogenated alkanes) is 28. The molecule has 1 rings (SSSR count). The van der Waals surface area contributed by atoms with Crippen LogP contribution >= 0.6 is 0 Å². The zero-order valence-corrected chi connectivity index (χ0v) is 57.5. The van der Waals surface area contributed by atoms with Crippen molar-refractivity contribution in [2.75, 3.05) is 67.6 Å². The molecule has 1 N–H and O–H groups in total. The fraction of sp³-hybridized carbons (Fsp3) is 0.878. The van der Waals surface area contributed by atoms with E-state index < -0.39 is 0 Å². The molecular weight excluding hydrogens is 1040 g/mol. The first kappa shape index (κ1) is 81.3. The third-order valence-electron chi connectivity index (χ3n) is 17.0. The van der Waals surface area contributed by atoms with E-state index in [-0.39, 0.29) is 43.1 Å². The zero-order chi connectivity index (χ0) is 61.8. The molecule has 84 heavy (non-hydrogen) atoms. The summed E-state index contributed by atoms with van der Waals surface area (Å²) in [6.45, 7) is 18.4. The van der Waals surface area contributed by atoms with Gasteiger partial charge in [-0.2, -0.15) is 0 Å². The van der Waals surface area contributed by atoms with Crippen LogP contribution in [0.5, 0.6) is 0 Å². The molecule has 0 fully saturated rings. The van der Waals surface area contributed by atoms with Gasteiger partial charge in [0.05, 0.1) is 26.1 Å². The zero-order valence-electron chi connectivity index (χ0n) is 57.5. The normalized spacial score (nSPS) is 12.9. The van der Waals surface area contributed by atoms with Crippen LogP contribution in [-0.2, 0) is 30.4 Å². The van der Waals surface area contributed by atoms with Crippen LogP contribution in [-0.4, -0.2) is 112 Å². The predicted octanol–water partition coefficient (Wildman–Crippen LogP) is 20.7. The molecule has 0 bridgehead atoms. The Balaban J connectivity index is 0.00000169. The van der Waals surface area contributed by atoms with Gasteiger partial charge in [0.25, 0.3) is 0 Å². The molecule has 1 aromatic carbocycles. The second-order valence-electron chi connectivity index (χ2n) is 26.0. The van der Waals surface area contributed by atoms with Gasteiger partial charge in [0.1, 0.15) is 6.61 Å². The SMILES string of the molecule is CCCCCCCCCC(CC(=O)OCC(CCCCCC)CCCCCCCC)N(CCCN(C)C)C(=O)OCc1ccccc1.CCCCCCCCCC(CC(=O)OCC(CCCCCC)CCCCCCCC)NCCCN(C)C. The minimum Gasteiger partial charge on any atom is -0.465 e. The van der Waals surface area contributed by atoms with E-state index in [1.807, 2.05) is 35.2 Å². The van der Waals surface area contributed by atoms with Crippen LogP contribution < -0.4 is 5.32 Å². The van der Waals surface area contributed by atoms with Crippen LogP contribution in [0.15, 0.2) is 30.3 Å². The molecule has 1 amide bonds. The van der Waals surface area contributed by atoms with Crippen molar-refractivity contribution in [2.24, 2.45) is 11.8 Å². The molecule has 0 spiro atoms. The number of rotatable bonds is 60. The number of esters is 2. The summed E-state index contributed by atoms with van der Waals surface area (Å²) in [5, 5.41) is 3.68.